The topological polar surface area (TPSA) is 33.5 Å². The number of rotatable bonds is 9. The number of ether oxygens (including phenoxy) is 1. The Kier molecular flexibility index (Phi) is 10.5. The number of anilines is 4. The third kappa shape index (κ3) is 7.11. The minimum absolute atomic E-state index is 0. The zero-order valence-electron chi connectivity index (χ0n) is 33.9. The van der Waals surface area contributed by atoms with Gasteiger partial charge in [0, 0.05) is 61.3 Å². The Bertz CT molecular complexity index is 2740. The van der Waals surface area contributed by atoms with Gasteiger partial charge in [0.05, 0.1) is 0 Å². The Hall–Kier alpha value is -5.64. The Morgan fingerprint density at radius 3 is 2.09 bits per heavy atom. The van der Waals surface area contributed by atoms with Crippen LogP contribution in [0, 0.1) is 18.8 Å². The van der Waals surface area contributed by atoms with Gasteiger partial charge in [-0.1, -0.05) is 114 Å². The summed E-state index contributed by atoms with van der Waals surface area (Å²) < 4.78 is 8.82. The first-order valence-corrected chi connectivity index (χ1v) is 20.0. The van der Waals surface area contributed by atoms with Crippen molar-refractivity contribution in [3.63, 3.8) is 0 Å². The molecule has 0 amide bonds. The van der Waals surface area contributed by atoms with Crippen molar-refractivity contribution in [3.05, 3.63) is 176 Å². The van der Waals surface area contributed by atoms with Crippen molar-refractivity contribution in [3.8, 4) is 28.4 Å². The SMILES string of the molecule is CCC(C)(CC)c1ccnc(-n2c3[c-]c(Oc4[c-]c(N5[CH-]N(c6cc(-c7ccccc7)cc(C(C)(C)C)c6)c6ccccc65)ccc4)ccc3c3ccccc32)c1.[Pt]. The van der Waals surface area contributed by atoms with Gasteiger partial charge in [0.25, 0.3) is 0 Å². The minimum atomic E-state index is -0.0294. The molecule has 0 radical (unpaired) electrons. The molecule has 0 atom stereocenters. The zero-order chi connectivity index (χ0) is 39.3. The smallest absolute Gasteiger partial charge is 0.135 e. The van der Waals surface area contributed by atoms with E-state index >= 15 is 0 Å². The van der Waals surface area contributed by atoms with Crippen LogP contribution in [0.15, 0.2) is 146 Å². The van der Waals surface area contributed by atoms with E-state index in [0.29, 0.717) is 11.5 Å². The molecule has 0 aliphatic carbocycles. The fraction of sp³-hybridized carbons (Fsp3) is 0.192. The number of hydrogen-bond acceptors (Lipinski definition) is 4. The Labute approximate surface area is 357 Å². The van der Waals surface area contributed by atoms with Gasteiger partial charge in [-0.15, -0.1) is 48.1 Å². The summed E-state index contributed by atoms with van der Waals surface area (Å²) in [5.41, 5.74) is 11.2. The first-order chi connectivity index (χ1) is 27.6. The number of para-hydroxylation sites is 3. The number of pyridine rings is 1. The van der Waals surface area contributed by atoms with E-state index in [1.165, 1.54) is 22.3 Å². The van der Waals surface area contributed by atoms with Gasteiger partial charge in [-0.3, -0.25) is 0 Å². The predicted molar refractivity (Wildman–Crippen MR) is 236 cm³/mol. The van der Waals surface area contributed by atoms with Crippen LogP contribution in [-0.2, 0) is 31.9 Å². The van der Waals surface area contributed by atoms with E-state index < -0.39 is 0 Å². The summed E-state index contributed by atoms with van der Waals surface area (Å²) in [7, 11) is 0. The van der Waals surface area contributed by atoms with Crippen molar-refractivity contribution in [2.75, 3.05) is 9.80 Å². The number of hydrogen-bond donors (Lipinski definition) is 0. The van der Waals surface area contributed by atoms with Crippen molar-refractivity contribution in [1.29, 1.82) is 0 Å². The van der Waals surface area contributed by atoms with Gasteiger partial charge in [0.1, 0.15) is 5.82 Å². The van der Waals surface area contributed by atoms with Crippen LogP contribution in [0.2, 0.25) is 0 Å². The van der Waals surface area contributed by atoms with Gasteiger partial charge in [-0.05, 0) is 93.8 Å². The molecule has 8 aromatic rings. The second-order valence-electron chi connectivity index (χ2n) is 16.3. The molecule has 0 saturated heterocycles. The van der Waals surface area contributed by atoms with Crippen LogP contribution in [0.1, 0.15) is 65.5 Å². The number of benzene rings is 6. The van der Waals surface area contributed by atoms with Crippen molar-refractivity contribution < 1.29 is 25.8 Å². The van der Waals surface area contributed by atoms with Crippen LogP contribution in [-0.4, -0.2) is 9.55 Å². The summed E-state index contributed by atoms with van der Waals surface area (Å²) in [5.74, 6) is 2.10. The largest absolute Gasteiger partial charge is 0.509 e. The standard InChI is InChI=1S/C52H47N4O.Pt/c1-7-52(6,8-2)38-27-28-53-50(32-38)56-46-22-13-12-21-44(46)45-26-25-43(34-49(45)56)57-42-20-16-19-40(33-42)54-35-55(48-24-15-14-23-47(48)54)41-30-37(36-17-10-9-11-18-36)29-39(31-41)51(3,4)5;/h9-32,35H,7-8H2,1-6H3;/q-3;. The van der Waals surface area contributed by atoms with E-state index in [9.17, 15) is 0 Å². The van der Waals surface area contributed by atoms with Crippen LogP contribution in [0.3, 0.4) is 0 Å². The average molecular weight is 939 g/mol. The van der Waals surface area contributed by atoms with Crippen molar-refractivity contribution in [2.24, 2.45) is 0 Å². The second kappa shape index (κ2) is 15.6. The molecule has 0 unspecified atom stereocenters. The van der Waals surface area contributed by atoms with E-state index in [0.717, 1.165) is 63.2 Å². The number of aromatic nitrogens is 2. The van der Waals surface area contributed by atoms with Crippen LogP contribution in [0.4, 0.5) is 22.7 Å². The van der Waals surface area contributed by atoms with Crippen molar-refractivity contribution in [1.82, 2.24) is 9.55 Å². The summed E-state index contributed by atoms with van der Waals surface area (Å²) >= 11 is 0. The Morgan fingerprint density at radius 2 is 1.33 bits per heavy atom. The number of fused-ring (bicyclic) bond motifs is 4. The van der Waals surface area contributed by atoms with Crippen molar-refractivity contribution >= 4 is 44.6 Å². The molecule has 9 rings (SSSR count). The normalized spacial score (nSPS) is 12.9. The molecular formula is C52H47N4OPt-3. The average Bonchev–Trinajstić information content (AvgIpc) is 3.79. The van der Waals surface area contributed by atoms with Gasteiger partial charge in [-0.25, -0.2) is 4.98 Å². The van der Waals surface area contributed by atoms with Crippen LogP contribution in [0.25, 0.3) is 38.8 Å². The third-order valence-corrected chi connectivity index (χ3v) is 11.8. The Morgan fingerprint density at radius 1 is 0.621 bits per heavy atom. The fourth-order valence-corrected chi connectivity index (χ4v) is 7.99. The van der Waals surface area contributed by atoms with Crippen molar-refractivity contribution in [2.45, 2.75) is 65.2 Å². The molecule has 0 N–H and O–H groups in total. The van der Waals surface area contributed by atoms with Crippen LogP contribution in [0.5, 0.6) is 11.5 Å². The summed E-state index contributed by atoms with van der Waals surface area (Å²) in [6.45, 7) is 15.8. The summed E-state index contributed by atoms with van der Waals surface area (Å²) in [5, 5.41) is 2.26. The first kappa shape index (κ1) is 39.2. The molecule has 0 bridgehead atoms. The maximum atomic E-state index is 6.60. The molecule has 58 heavy (non-hydrogen) atoms. The van der Waals surface area contributed by atoms with Crippen LogP contribution < -0.4 is 14.5 Å². The van der Waals surface area contributed by atoms with E-state index in [4.69, 9.17) is 9.72 Å². The monoisotopic (exact) mass is 938 g/mol. The van der Waals surface area contributed by atoms with Gasteiger partial charge < -0.3 is 19.1 Å². The van der Waals surface area contributed by atoms with E-state index in [-0.39, 0.29) is 31.9 Å². The zero-order valence-corrected chi connectivity index (χ0v) is 36.1. The van der Waals surface area contributed by atoms with Gasteiger partial charge >= 0.3 is 0 Å². The van der Waals surface area contributed by atoms with Crippen LogP contribution >= 0.6 is 0 Å². The molecule has 5 nitrogen and oxygen atoms in total. The molecule has 0 fully saturated rings. The Balaban J connectivity index is 0.00000469. The van der Waals surface area contributed by atoms with E-state index in [1.807, 2.05) is 24.4 Å². The minimum Gasteiger partial charge on any atom is -0.509 e. The summed E-state index contributed by atoms with van der Waals surface area (Å²) in [6.07, 6.45) is 4.05. The van der Waals surface area contributed by atoms with Gasteiger partial charge in [-0.2, -0.15) is 12.1 Å². The molecule has 0 spiro atoms. The first-order valence-electron chi connectivity index (χ1n) is 20.0. The molecule has 3 heterocycles. The van der Waals surface area contributed by atoms with Gasteiger partial charge in [0.2, 0.25) is 0 Å². The predicted octanol–water partition coefficient (Wildman–Crippen LogP) is 14.0. The van der Waals surface area contributed by atoms with E-state index in [2.05, 4.69) is 196 Å². The van der Waals surface area contributed by atoms with E-state index in [1.54, 1.807) is 0 Å². The molecule has 2 aromatic heterocycles. The number of nitrogens with zero attached hydrogens (tertiary/aromatic N) is 4. The maximum absolute atomic E-state index is 6.60. The maximum Gasteiger partial charge on any atom is 0.135 e. The fourth-order valence-electron chi connectivity index (χ4n) is 7.99. The molecule has 0 saturated carbocycles. The molecule has 1 aliphatic heterocycles. The molecule has 6 heteroatoms. The molecule has 1 aliphatic rings. The van der Waals surface area contributed by atoms with Gasteiger partial charge in [0.15, 0.2) is 0 Å². The second-order valence-corrected chi connectivity index (χ2v) is 16.3. The molecule has 6 aromatic carbocycles. The summed E-state index contributed by atoms with van der Waals surface area (Å²) in [6, 6.07) is 56.4. The summed E-state index contributed by atoms with van der Waals surface area (Å²) in [4.78, 5) is 9.38. The molecule has 294 valence electrons. The third-order valence-electron chi connectivity index (χ3n) is 11.8. The quantitative estimate of drug-likeness (QED) is 0.135. The molecular weight excluding hydrogens is 892 g/mol.